The van der Waals surface area contributed by atoms with Gasteiger partial charge in [-0.05, 0) is 44.5 Å². The average Bonchev–Trinajstić information content (AvgIpc) is 3.02. The lowest BCUT2D eigenvalue weighted by atomic mass is 10.2. The quantitative estimate of drug-likeness (QED) is 0.513. The number of carbonyl (C=O) groups excluding carboxylic acids is 1. The summed E-state index contributed by atoms with van der Waals surface area (Å²) in [4.78, 5) is 22.8. The average molecular weight is 332 g/mol. The largest absolute Gasteiger partial charge is 0.370 e. The zero-order valence-electron chi connectivity index (χ0n) is 14.6. The number of nitrogens with zero attached hydrogens (tertiary/aromatic N) is 3. The van der Waals surface area contributed by atoms with E-state index in [1.807, 2.05) is 13.0 Å². The highest BCUT2D eigenvalue weighted by Gasteiger charge is 2.22. The molecule has 0 bridgehead atoms. The van der Waals surface area contributed by atoms with Crippen molar-refractivity contribution in [2.24, 2.45) is 10.7 Å². The summed E-state index contributed by atoms with van der Waals surface area (Å²) < 4.78 is 0. The number of pyridine rings is 1. The maximum absolute atomic E-state index is 11.8. The maximum atomic E-state index is 11.8. The van der Waals surface area contributed by atoms with E-state index >= 15 is 0 Å². The zero-order valence-corrected chi connectivity index (χ0v) is 14.6. The Morgan fingerprint density at radius 1 is 1.50 bits per heavy atom. The van der Waals surface area contributed by atoms with Gasteiger partial charge in [-0.25, -0.2) is 4.98 Å². The lowest BCUT2D eigenvalue weighted by molar-refractivity contribution is -0.116. The molecule has 4 N–H and O–H groups in total. The van der Waals surface area contributed by atoms with Crippen molar-refractivity contribution >= 4 is 17.7 Å². The summed E-state index contributed by atoms with van der Waals surface area (Å²) in [6, 6.07) is 4.19. The molecular weight excluding hydrogens is 304 g/mol. The van der Waals surface area contributed by atoms with Crippen LogP contribution in [0.4, 0.5) is 5.82 Å². The van der Waals surface area contributed by atoms with E-state index in [1.165, 1.54) is 12.8 Å². The number of guanidine groups is 1. The zero-order chi connectivity index (χ0) is 17.4. The second kappa shape index (κ2) is 9.22. The summed E-state index contributed by atoms with van der Waals surface area (Å²) >= 11 is 0. The molecule has 132 valence electrons. The molecule has 2 heterocycles. The van der Waals surface area contributed by atoms with E-state index in [0.29, 0.717) is 37.3 Å². The Balaban J connectivity index is 1.66. The summed E-state index contributed by atoms with van der Waals surface area (Å²) in [5, 5.41) is 5.75. The molecule has 7 heteroatoms. The predicted octanol–water partition coefficient (Wildman–Crippen LogP) is 1.11. The van der Waals surface area contributed by atoms with Gasteiger partial charge in [-0.15, -0.1) is 0 Å². The number of likely N-dealkylation sites (tertiary alicyclic amines) is 1. The number of rotatable bonds is 7. The molecule has 1 aliphatic heterocycles. The number of aromatic nitrogens is 1. The van der Waals surface area contributed by atoms with Gasteiger partial charge in [0.25, 0.3) is 0 Å². The molecule has 0 spiro atoms. The number of amides is 1. The van der Waals surface area contributed by atoms with Gasteiger partial charge in [-0.3, -0.25) is 14.7 Å². The molecule has 1 amide bonds. The number of aliphatic imine (C=N–C) groups is 1. The van der Waals surface area contributed by atoms with E-state index in [0.717, 1.165) is 18.7 Å². The van der Waals surface area contributed by atoms with Gasteiger partial charge in [0.05, 0.1) is 6.54 Å². The van der Waals surface area contributed by atoms with Crippen molar-refractivity contribution < 1.29 is 4.79 Å². The van der Waals surface area contributed by atoms with Crippen LogP contribution in [-0.2, 0) is 4.79 Å². The molecule has 7 nitrogen and oxygen atoms in total. The van der Waals surface area contributed by atoms with Gasteiger partial charge in [0, 0.05) is 25.2 Å². The number of anilines is 1. The fourth-order valence-corrected chi connectivity index (χ4v) is 2.83. The molecule has 1 fully saturated rings. The molecule has 1 saturated heterocycles. The van der Waals surface area contributed by atoms with Crippen molar-refractivity contribution in [1.82, 2.24) is 15.2 Å². The summed E-state index contributed by atoms with van der Waals surface area (Å²) in [6.07, 6.45) is 4.45. The van der Waals surface area contributed by atoms with E-state index in [4.69, 9.17) is 5.73 Å². The third-order valence-electron chi connectivity index (χ3n) is 4.21. The van der Waals surface area contributed by atoms with Gasteiger partial charge in [0.2, 0.25) is 5.91 Å². The van der Waals surface area contributed by atoms with Crippen LogP contribution in [-0.4, -0.2) is 54.0 Å². The maximum Gasteiger partial charge on any atom is 0.227 e. The van der Waals surface area contributed by atoms with Gasteiger partial charge < -0.3 is 16.4 Å². The summed E-state index contributed by atoms with van der Waals surface area (Å²) in [6.45, 7) is 7.50. The second-order valence-corrected chi connectivity index (χ2v) is 6.10. The highest BCUT2D eigenvalue weighted by atomic mass is 16.1. The molecule has 24 heavy (non-hydrogen) atoms. The van der Waals surface area contributed by atoms with Crippen molar-refractivity contribution in [3.63, 3.8) is 0 Å². The number of nitrogens with two attached hydrogens (primary N) is 1. The first-order chi connectivity index (χ1) is 11.6. The van der Waals surface area contributed by atoms with Gasteiger partial charge >= 0.3 is 0 Å². The minimum atomic E-state index is -0.0976. The van der Waals surface area contributed by atoms with Gasteiger partial charge in [-0.2, -0.15) is 0 Å². The molecule has 1 aromatic rings. The fourth-order valence-electron chi connectivity index (χ4n) is 2.83. The first kappa shape index (κ1) is 18.2. The van der Waals surface area contributed by atoms with Crippen LogP contribution in [0.25, 0.3) is 0 Å². The van der Waals surface area contributed by atoms with Crippen molar-refractivity contribution in [3.8, 4) is 0 Å². The standard InChI is InChI=1S/C17H28N6O/c1-3-23-10-4-5-14(23)12-21-17(18)19-9-8-16(24)22-15-7-6-13(2)11-20-15/h6-7,11,14H,3-5,8-10,12H2,1-2H3,(H3,18,19,21)(H,20,22,24). The SMILES string of the molecule is CCN1CCCC1CN=C(N)NCCC(=O)Nc1ccc(C)cn1. The van der Waals surface area contributed by atoms with Crippen LogP contribution >= 0.6 is 0 Å². The Hall–Kier alpha value is -2.15. The van der Waals surface area contributed by atoms with Gasteiger partial charge in [-0.1, -0.05) is 13.0 Å². The fraction of sp³-hybridized carbons (Fsp3) is 0.588. The Kier molecular flexibility index (Phi) is 6.99. The first-order valence-corrected chi connectivity index (χ1v) is 8.59. The molecule has 0 saturated carbocycles. The van der Waals surface area contributed by atoms with Crippen LogP contribution in [0.1, 0.15) is 31.7 Å². The normalized spacial score (nSPS) is 18.6. The van der Waals surface area contributed by atoms with E-state index in [1.54, 1.807) is 12.3 Å². The summed E-state index contributed by atoms with van der Waals surface area (Å²) in [5.41, 5.74) is 6.93. The van der Waals surface area contributed by atoms with Crippen molar-refractivity contribution in [1.29, 1.82) is 0 Å². The van der Waals surface area contributed by atoms with E-state index < -0.39 is 0 Å². The molecule has 0 radical (unpaired) electrons. The monoisotopic (exact) mass is 332 g/mol. The number of nitrogens with one attached hydrogen (secondary N) is 2. The third-order valence-corrected chi connectivity index (χ3v) is 4.21. The molecule has 1 atom stereocenters. The van der Waals surface area contributed by atoms with Crippen molar-refractivity contribution in [2.45, 2.75) is 39.2 Å². The molecule has 2 rings (SSSR count). The van der Waals surface area contributed by atoms with Crippen LogP contribution in [0.15, 0.2) is 23.3 Å². The minimum absolute atomic E-state index is 0.0976. The molecule has 0 aliphatic carbocycles. The van der Waals surface area contributed by atoms with Gasteiger partial charge in [0.1, 0.15) is 5.82 Å². The Morgan fingerprint density at radius 2 is 2.33 bits per heavy atom. The van der Waals surface area contributed by atoms with E-state index in [9.17, 15) is 4.79 Å². The number of aryl methyl sites for hydroxylation is 1. The number of hydrogen-bond acceptors (Lipinski definition) is 4. The van der Waals surface area contributed by atoms with Crippen LogP contribution in [0, 0.1) is 6.92 Å². The van der Waals surface area contributed by atoms with E-state index in [-0.39, 0.29) is 5.91 Å². The smallest absolute Gasteiger partial charge is 0.227 e. The number of carbonyl (C=O) groups is 1. The molecular formula is C17H28N6O. The highest BCUT2D eigenvalue weighted by molar-refractivity contribution is 5.90. The van der Waals surface area contributed by atoms with E-state index in [2.05, 4.69) is 32.4 Å². The molecule has 1 unspecified atom stereocenters. The summed E-state index contributed by atoms with van der Waals surface area (Å²) in [7, 11) is 0. The lowest BCUT2D eigenvalue weighted by Crippen LogP contribution is -2.36. The molecule has 1 aromatic heterocycles. The number of hydrogen-bond donors (Lipinski definition) is 3. The van der Waals surface area contributed by atoms with Crippen molar-refractivity contribution in [2.75, 3.05) is 31.5 Å². The highest BCUT2D eigenvalue weighted by Crippen LogP contribution is 2.16. The second-order valence-electron chi connectivity index (χ2n) is 6.10. The van der Waals surface area contributed by atoms with Crippen LogP contribution in [0.5, 0.6) is 0 Å². The Labute approximate surface area is 143 Å². The Bertz CT molecular complexity index is 557. The van der Waals surface area contributed by atoms with Gasteiger partial charge in [0.15, 0.2) is 5.96 Å². The molecule has 0 aromatic carbocycles. The Morgan fingerprint density at radius 3 is 3.04 bits per heavy atom. The van der Waals surface area contributed by atoms with Crippen LogP contribution in [0.2, 0.25) is 0 Å². The van der Waals surface area contributed by atoms with Crippen molar-refractivity contribution in [3.05, 3.63) is 23.9 Å². The predicted molar refractivity (Wildman–Crippen MR) is 97.0 cm³/mol. The number of likely N-dealkylation sites (N-methyl/N-ethyl adjacent to an activating group) is 1. The van der Waals surface area contributed by atoms with Crippen LogP contribution < -0.4 is 16.4 Å². The minimum Gasteiger partial charge on any atom is -0.370 e. The molecule has 1 aliphatic rings. The topological polar surface area (TPSA) is 95.6 Å². The van der Waals surface area contributed by atoms with Crippen LogP contribution in [0.3, 0.4) is 0 Å². The first-order valence-electron chi connectivity index (χ1n) is 8.59. The summed E-state index contributed by atoms with van der Waals surface area (Å²) in [5.74, 6) is 0.868. The lowest BCUT2D eigenvalue weighted by Gasteiger charge is -2.20. The third kappa shape index (κ3) is 5.81.